The van der Waals surface area contributed by atoms with Gasteiger partial charge in [-0.25, -0.2) is 4.52 Å². The molecule has 0 spiro atoms. The predicted molar refractivity (Wildman–Crippen MR) is 80.4 cm³/mol. The first kappa shape index (κ1) is 13.3. The third-order valence-electron chi connectivity index (χ3n) is 3.38. The summed E-state index contributed by atoms with van der Waals surface area (Å²) >= 11 is 12.1. The van der Waals surface area contributed by atoms with Crippen LogP contribution in [-0.2, 0) is 0 Å². The molecule has 1 aromatic carbocycles. The molecule has 0 fully saturated rings. The van der Waals surface area contributed by atoms with E-state index in [0.29, 0.717) is 10.0 Å². The average molecular weight is 307 g/mol. The molecule has 0 bridgehead atoms. The Kier molecular flexibility index (Phi) is 3.15. The normalized spacial score (nSPS) is 11.2. The number of halogens is 2. The molecule has 0 aliphatic heterocycles. The molecule has 0 aliphatic carbocycles. The van der Waals surface area contributed by atoms with E-state index in [0.717, 1.165) is 33.9 Å². The van der Waals surface area contributed by atoms with Crippen LogP contribution in [0.2, 0.25) is 10.0 Å². The highest BCUT2D eigenvalue weighted by atomic mass is 35.5. The lowest BCUT2D eigenvalue weighted by Gasteiger charge is -2.04. The van der Waals surface area contributed by atoms with Crippen LogP contribution in [-0.4, -0.2) is 19.8 Å². The molecule has 3 aromatic rings. The first-order valence-electron chi connectivity index (χ1n) is 6.13. The first-order chi connectivity index (χ1) is 9.49. The Morgan fingerprint density at radius 1 is 0.950 bits per heavy atom. The van der Waals surface area contributed by atoms with Gasteiger partial charge >= 0.3 is 0 Å². The van der Waals surface area contributed by atoms with Crippen molar-refractivity contribution < 1.29 is 0 Å². The maximum absolute atomic E-state index is 6.10. The van der Waals surface area contributed by atoms with Crippen LogP contribution in [0.4, 0.5) is 0 Å². The van der Waals surface area contributed by atoms with Crippen molar-refractivity contribution in [2.75, 3.05) is 0 Å². The van der Waals surface area contributed by atoms with Gasteiger partial charge < -0.3 is 0 Å². The van der Waals surface area contributed by atoms with Gasteiger partial charge in [0.15, 0.2) is 5.65 Å². The highest BCUT2D eigenvalue weighted by Gasteiger charge is 2.16. The molecule has 0 unspecified atom stereocenters. The minimum atomic E-state index is 0.514. The van der Waals surface area contributed by atoms with Gasteiger partial charge in [0.2, 0.25) is 0 Å². The second kappa shape index (κ2) is 4.72. The van der Waals surface area contributed by atoms with Gasteiger partial charge in [0.1, 0.15) is 0 Å². The number of benzene rings is 1. The van der Waals surface area contributed by atoms with Gasteiger partial charge in [-0.15, -0.1) is 5.10 Å². The predicted octanol–water partition coefficient (Wildman–Crippen LogP) is 4.02. The Morgan fingerprint density at radius 2 is 1.70 bits per heavy atom. The van der Waals surface area contributed by atoms with Crippen molar-refractivity contribution >= 4 is 28.8 Å². The van der Waals surface area contributed by atoms with E-state index >= 15 is 0 Å². The van der Waals surface area contributed by atoms with Crippen LogP contribution in [0, 0.1) is 20.8 Å². The summed E-state index contributed by atoms with van der Waals surface area (Å²) in [6.45, 7) is 5.83. The largest absolute Gasteiger partial charge is 0.215 e. The zero-order chi connectivity index (χ0) is 14.4. The van der Waals surface area contributed by atoms with Crippen LogP contribution in [0.1, 0.15) is 17.1 Å². The summed E-state index contributed by atoms with van der Waals surface area (Å²) in [4.78, 5) is 0. The number of aromatic nitrogens is 4. The fourth-order valence-corrected chi connectivity index (χ4v) is 2.48. The zero-order valence-electron chi connectivity index (χ0n) is 11.3. The molecule has 0 radical (unpaired) electrons. The van der Waals surface area contributed by atoms with Crippen LogP contribution in [0.5, 0.6) is 0 Å². The maximum Gasteiger partial charge on any atom is 0.185 e. The highest BCUT2D eigenvalue weighted by Crippen LogP contribution is 2.32. The van der Waals surface area contributed by atoms with Crippen molar-refractivity contribution in [3.8, 4) is 11.1 Å². The Morgan fingerprint density at radius 3 is 2.40 bits per heavy atom. The lowest BCUT2D eigenvalue weighted by molar-refractivity contribution is 0.815. The van der Waals surface area contributed by atoms with E-state index in [4.69, 9.17) is 23.2 Å². The summed E-state index contributed by atoms with van der Waals surface area (Å²) in [7, 11) is 0. The molecule has 0 saturated carbocycles. The van der Waals surface area contributed by atoms with Gasteiger partial charge in [-0.2, -0.15) is 10.2 Å². The topological polar surface area (TPSA) is 43.1 Å². The zero-order valence-corrected chi connectivity index (χ0v) is 12.8. The van der Waals surface area contributed by atoms with Crippen molar-refractivity contribution in [1.29, 1.82) is 0 Å². The summed E-state index contributed by atoms with van der Waals surface area (Å²) in [6.07, 6.45) is 0. The Hall–Kier alpha value is -1.65. The second-order valence-electron chi connectivity index (χ2n) is 4.70. The third-order valence-corrected chi connectivity index (χ3v) is 4.12. The van der Waals surface area contributed by atoms with Crippen LogP contribution in [0.15, 0.2) is 18.2 Å². The van der Waals surface area contributed by atoms with E-state index in [9.17, 15) is 0 Å². The highest BCUT2D eigenvalue weighted by molar-refractivity contribution is 6.42. The Labute approximate surface area is 126 Å². The van der Waals surface area contributed by atoms with E-state index in [1.807, 2.05) is 37.4 Å². The number of rotatable bonds is 1. The minimum Gasteiger partial charge on any atom is -0.215 e. The van der Waals surface area contributed by atoms with Gasteiger partial charge in [0.25, 0.3) is 0 Å². The van der Waals surface area contributed by atoms with Gasteiger partial charge in [-0.3, -0.25) is 0 Å². The molecule has 0 N–H and O–H groups in total. The van der Waals surface area contributed by atoms with Crippen LogP contribution in [0.3, 0.4) is 0 Å². The minimum absolute atomic E-state index is 0.514. The summed E-state index contributed by atoms with van der Waals surface area (Å²) in [5, 5.41) is 14.0. The monoisotopic (exact) mass is 306 g/mol. The lowest BCUT2D eigenvalue weighted by atomic mass is 10.1. The van der Waals surface area contributed by atoms with Gasteiger partial charge in [0.05, 0.1) is 32.7 Å². The average Bonchev–Trinajstić information content (AvgIpc) is 2.75. The van der Waals surface area contributed by atoms with Crippen molar-refractivity contribution in [2.45, 2.75) is 20.8 Å². The number of nitrogens with zero attached hydrogens (tertiary/aromatic N) is 4. The number of aryl methyl sites for hydroxylation is 3. The van der Waals surface area contributed by atoms with Crippen LogP contribution >= 0.6 is 23.2 Å². The fraction of sp³-hybridized carbons (Fsp3) is 0.214. The number of hydrogen-bond acceptors (Lipinski definition) is 3. The SMILES string of the molecule is Cc1nn2c(C)c(C)nnc2c1-c1ccc(Cl)c(Cl)c1. The quantitative estimate of drug-likeness (QED) is 0.682. The van der Waals surface area contributed by atoms with E-state index in [1.165, 1.54) is 0 Å². The molecule has 2 aromatic heterocycles. The number of hydrogen-bond donors (Lipinski definition) is 0. The summed E-state index contributed by atoms with van der Waals surface area (Å²) in [5.74, 6) is 0. The Balaban J connectivity index is 2.33. The Bertz CT molecular complexity index is 824. The molecular weight excluding hydrogens is 295 g/mol. The molecule has 0 aliphatic rings. The third kappa shape index (κ3) is 1.96. The molecule has 0 amide bonds. The molecule has 6 heteroatoms. The molecule has 3 rings (SSSR count). The van der Waals surface area contributed by atoms with E-state index in [2.05, 4.69) is 15.3 Å². The van der Waals surface area contributed by atoms with Crippen molar-refractivity contribution in [1.82, 2.24) is 19.8 Å². The standard InChI is InChI=1S/C14H12Cl2N4/c1-7-9(3)20-14(18-17-7)13(8(2)19-20)10-4-5-11(15)12(16)6-10/h4-6H,1-3H3. The fourth-order valence-electron chi connectivity index (χ4n) is 2.18. The molecule has 20 heavy (non-hydrogen) atoms. The van der Waals surface area contributed by atoms with Crippen LogP contribution < -0.4 is 0 Å². The molecular formula is C14H12Cl2N4. The maximum atomic E-state index is 6.10. The van der Waals surface area contributed by atoms with Crippen LogP contribution in [0.25, 0.3) is 16.8 Å². The van der Waals surface area contributed by atoms with E-state index in [-0.39, 0.29) is 0 Å². The summed E-state index contributed by atoms with van der Waals surface area (Å²) in [6, 6.07) is 5.51. The van der Waals surface area contributed by atoms with Gasteiger partial charge in [0, 0.05) is 0 Å². The molecule has 102 valence electrons. The first-order valence-corrected chi connectivity index (χ1v) is 6.89. The lowest BCUT2D eigenvalue weighted by Crippen LogP contribution is -2.02. The molecule has 0 atom stereocenters. The van der Waals surface area contributed by atoms with Gasteiger partial charge in [-0.1, -0.05) is 29.3 Å². The van der Waals surface area contributed by atoms with E-state index < -0.39 is 0 Å². The smallest absolute Gasteiger partial charge is 0.185 e. The molecule has 2 heterocycles. The van der Waals surface area contributed by atoms with Crippen molar-refractivity contribution in [2.24, 2.45) is 0 Å². The molecule has 0 saturated heterocycles. The summed E-state index contributed by atoms with van der Waals surface area (Å²) < 4.78 is 1.81. The number of fused-ring (bicyclic) bond motifs is 1. The summed E-state index contributed by atoms with van der Waals surface area (Å²) in [5.41, 5.74) is 5.31. The van der Waals surface area contributed by atoms with Gasteiger partial charge in [-0.05, 0) is 38.5 Å². The van der Waals surface area contributed by atoms with Crippen molar-refractivity contribution in [3.05, 3.63) is 45.3 Å². The molecule has 4 nitrogen and oxygen atoms in total. The van der Waals surface area contributed by atoms with E-state index in [1.54, 1.807) is 6.07 Å². The van der Waals surface area contributed by atoms with Crippen molar-refractivity contribution in [3.63, 3.8) is 0 Å². The second-order valence-corrected chi connectivity index (χ2v) is 5.51.